The van der Waals surface area contributed by atoms with E-state index in [0.29, 0.717) is 18.7 Å². The number of aryl methyl sites for hydroxylation is 2. The molecule has 1 aromatic heterocycles. The van der Waals surface area contributed by atoms with Crippen LogP contribution >= 0.6 is 0 Å². The number of aliphatic carboxylic acids is 1. The summed E-state index contributed by atoms with van der Waals surface area (Å²) in [7, 11) is 0. The third kappa shape index (κ3) is 2.74. The molecule has 1 N–H and O–H groups in total. The number of carboxylic acid groups (broad SMARTS) is 1. The summed E-state index contributed by atoms with van der Waals surface area (Å²) >= 11 is 0. The van der Waals surface area contributed by atoms with Gasteiger partial charge in [-0.25, -0.2) is 4.98 Å². The first-order valence-electron chi connectivity index (χ1n) is 3.81. The fraction of sp³-hybridized carbons (Fsp3) is 0.500. The van der Waals surface area contributed by atoms with E-state index in [1.54, 1.807) is 6.20 Å². The zero-order chi connectivity index (χ0) is 8.97. The highest BCUT2D eigenvalue weighted by Crippen LogP contribution is 2.05. The SMILES string of the molecule is Cc1cnc(CCCC(=O)O)o1. The van der Waals surface area contributed by atoms with Gasteiger partial charge in [-0.3, -0.25) is 4.79 Å². The first-order chi connectivity index (χ1) is 5.68. The Kier molecular flexibility index (Phi) is 2.85. The van der Waals surface area contributed by atoms with Gasteiger partial charge in [0.05, 0.1) is 6.20 Å². The summed E-state index contributed by atoms with van der Waals surface area (Å²) in [5.74, 6) is 0.604. The van der Waals surface area contributed by atoms with Gasteiger partial charge < -0.3 is 9.52 Å². The smallest absolute Gasteiger partial charge is 0.303 e. The van der Waals surface area contributed by atoms with E-state index in [1.165, 1.54) is 0 Å². The van der Waals surface area contributed by atoms with E-state index in [-0.39, 0.29) is 6.42 Å². The Balaban J connectivity index is 2.29. The van der Waals surface area contributed by atoms with Crippen molar-refractivity contribution in [3.8, 4) is 0 Å². The number of oxazole rings is 1. The fourth-order valence-corrected chi connectivity index (χ4v) is 0.908. The summed E-state index contributed by atoms with van der Waals surface area (Å²) in [6.07, 6.45) is 2.98. The topological polar surface area (TPSA) is 63.3 Å². The zero-order valence-electron chi connectivity index (χ0n) is 6.91. The van der Waals surface area contributed by atoms with Crippen molar-refractivity contribution in [2.75, 3.05) is 0 Å². The Labute approximate surface area is 70.2 Å². The number of carboxylic acids is 1. The molecule has 0 aliphatic rings. The van der Waals surface area contributed by atoms with Gasteiger partial charge in [-0.15, -0.1) is 0 Å². The van der Waals surface area contributed by atoms with Crippen molar-refractivity contribution in [2.24, 2.45) is 0 Å². The molecule has 0 aromatic carbocycles. The predicted octanol–water partition coefficient (Wildman–Crippen LogP) is 1.39. The van der Waals surface area contributed by atoms with Crippen LogP contribution < -0.4 is 0 Å². The summed E-state index contributed by atoms with van der Waals surface area (Å²) in [4.78, 5) is 14.1. The third-order valence-corrected chi connectivity index (χ3v) is 1.45. The van der Waals surface area contributed by atoms with E-state index in [1.807, 2.05) is 6.92 Å². The van der Waals surface area contributed by atoms with Crippen molar-refractivity contribution in [3.63, 3.8) is 0 Å². The zero-order valence-corrected chi connectivity index (χ0v) is 6.91. The van der Waals surface area contributed by atoms with Crippen LogP contribution in [0.4, 0.5) is 0 Å². The van der Waals surface area contributed by atoms with Crippen molar-refractivity contribution < 1.29 is 14.3 Å². The minimum atomic E-state index is -0.779. The Bertz CT molecular complexity index is 267. The Morgan fingerprint density at radius 1 is 1.75 bits per heavy atom. The van der Waals surface area contributed by atoms with Crippen LogP contribution in [0, 0.1) is 6.92 Å². The molecule has 0 fully saturated rings. The number of nitrogens with zero attached hydrogens (tertiary/aromatic N) is 1. The van der Waals surface area contributed by atoms with Crippen LogP contribution in [-0.4, -0.2) is 16.1 Å². The lowest BCUT2D eigenvalue weighted by Gasteiger charge is -1.91. The average Bonchev–Trinajstić information content (AvgIpc) is 2.35. The second kappa shape index (κ2) is 3.90. The van der Waals surface area contributed by atoms with E-state index in [0.717, 1.165) is 5.76 Å². The lowest BCUT2D eigenvalue weighted by Crippen LogP contribution is -1.95. The van der Waals surface area contributed by atoms with E-state index in [4.69, 9.17) is 9.52 Å². The Morgan fingerprint density at radius 2 is 2.50 bits per heavy atom. The molecule has 1 heterocycles. The molecule has 0 spiro atoms. The first-order valence-corrected chi connectivity index (χ1v) is 3.81. The summed E-state index contributed by atoms with van der Waals surface area (Å²) in [6.45, 7) is 1.81. The van der Waals surface area contributed by atoms with Gasteiger partial charge in [-0.2, -0.15) is 0 Å². The van der Waals surface area contributed by atoms with Gasteiger partial charge in [-0.1, -0.05) is 0 Å². The third-order valence-electron chi connectivity index (χ3n) is 1.45. The second-order valence-corrected chi connectivity index (χ2v) is 2.61. The van der Waals surface area contributed by atoms with Crippen LogP contribution in [0.1, 0.15) is 24.5 Å². The normalized spacial score (nSPS) is 10.1. The van der Waals surface area contributed by atoms with Gasteiger partial charge in [0.25, 0.3) is 0 Å². The van der Waals surface area contributed by atoms with Crippen LogP contribution in [0.15, 0.2) is 10.6 Å². The quantitative estimate of drug-likeness (QED) is 0.739. The molecule has 4 heteroatoms. The van der Waals surface area contributed by atoms with E-state index < -0.39 is 5.97 Å². The second-order valence-electron chi connectivity index (χ2n) is 2.61. The minimum Gasteiger partial charge on any atom is -0.481 e. The first kappa shape index (κ1) is 8.77. The Morgan fingerprint density at radius 3 is 3.00 bits per heavy atom. The molecule has 0 atom stereocenters. The summed E-state index contributed by atoms with van der Waals surface area (Å²) in [6, 6.07) is 0. The maximum atomic E-state index is 10.1. The summed E-state index contributed by atoms with van der Waals surface area (Å²) in [5, 5.41) is 8.35. The highest BCUT2D eigenvalue weighted by Gasteiger charge is 2.02. The molecule has 66 valence electrons. The largest absolute Gasteiger partial charge is 0.481 e. The molecule has 4 nitrogen and oxygen atoms in total. The van der Waals surface area contributed by atoms with Crippen LogP contribution in [-0.2, 0) is 11.2 Å². The number of hydrogen-bond donors (Lipinski definition) is 1. The van der Waals surface area contributed by atoms with Crippen LogP contribution in [0.3, 0.4) is 0 Å². The van der Waals surface area contributed by atoms with Crippen molar-refractivity contribution >= 4 is 5.97 Å². The van der Waals surface area contributed by atoms with Crippen LogP contribution in [0.5, 0.6) is 0 Å². The number of rotatable bonds is 4. The minimum absolute atomic E-state index is 0.168. The van der Waals surface area contributed by atoms with E-state index >= 15 is 0 Å². The maximum absolute atomic E-state index is 10.1. The average molecular weight is 169 g/mol. The molecule has 0 saturated carbocycles. The lowest BCUT2D eigenvalue weighted by atomic mass is 10.2. The van der Waals surface area contributed by atoms with E-state index in [9.17, 15) is 4.79 Å². The van der Waals surface area contributed by atoms with Crippen LogP contribution in [0.2, 0.25) is 0 Å². The highest BCUT2D eigenvalue weighted by atomic mass is 16.4. The highest BCUT2D eigenvalue weighted by molar-refractivity contribution is 5.66. The van der Waals surface area contributed by atoms with Gasteiger partial charge in [-0.05, 0) is 13.3 Å². The molecule has 1 aromatic rings. The van der Waals surface area contributed by atoms with Gasteiger partial charge in [0.2, 0.25) is 0 Å². The number of carbonyl (C=O) groups is 1. The van der Waals surface area contributed by atoms with Crippen molar-refractivity contribution in [3.05, 3.63) is 17.8 Å². The number of hydrogen-bond acceptors (Lipinski definition) is 3. The van der Waals surface area contributed by atoms with Gasteiger partial charge >= 0.3 is 5.97 Å². The molecule has 12 heavy (non-hydrogen) atoms. The van der Waals surface area contributed by atoms with Gasteiger partial charge in [0.1, 0.15) is 5.76 Å². The van der Waals surface area contributed by atoms with Crippen molar-refractivity contribution in [2.45, 2.75) is 26.2 Å². The molecule has 1 rings (SSSR count). The summed E-state index contributed by atoms with van der Waals surface area (Å²) < 4.78 is 5.16. The number of aromatic nitrogens is 1. The molecule has 0 saturated heterocycles. The maximum Gasteiger partial charge on any atom is 0.303 e. The Hall–Kier alpha value is -1.32. The van der Waals surface area contributed by atoms with Gasteiger partial charge in [0.15, 0.2) is 5.89 Å². The fourth-order valence-electron chi connectivity index (χ4n) is 0.908. The molecule has 0 unspecified atom stereocenters. The molecular formula is C8H11NO3. The van der Waals surface area contributed by atoms with E-state index in [2.05, 4.69) is 4.98 Å². The van der Waals surface area contributed by atoms with Crippen molar-refractivity contribution in [1.82, 2.24) is 4.98 Å². The lowest BCUT2D eigenvalue weighted by molar-refractivity contribution is -0.137. The monoisotopic (exact) mass is 169 g/mol. The standard InChI is InChI=1S/C8H11NO3/c1-6-5-9-7(12-6)3-2-4-8(10)11/h5H,2-4H2,1H3,(H,10,11). The molecule has 0 amide bonds. The van der Waals surface area contributed by atoms with Crippen LogP contribution in [0.25, 0.3) is 0 Å². The summed E-state index contributed by atoms with van der Waals surface area (Å²) in [5.41, 5.74) is 0. The van der Waals surface area contributed by atoms with Crippen molar-refractivity contribution in [1.29, 1.82) is 0 Å². The molecule has 0 aliphatic carbocycles. The molecule has 0 radical (unpaired) electrons. The molecule has 0 aliphatic heterocycles. The molecule has 0 bridgehead atoms. The predicted molar refractivity (Wildman–Crippen MR) is 41.8 cm³/mol. The van der Waals surface area contributed by atoms with Gasteiger partial charge in [0, 0.05) is 12.8 Å². The molecular weight excluding hydrogens is 158 g/mol.